The van der Waals surface area contributed by atoms with Gasteiger partial charge in [-0.15, -0.1) is 0 Å². The van der Waals surface area contributed by atoms with Gasteiger partial charge >= 0.3 is 5.97 Å². The lowest BCUT2D eigenvalue weighted by atomic mass is 9.85. The molecule has 100 valence electrons. The average Bonchev–Trinajstić information content (AvgIpc) is 2.08. The van der Waals surface area contributed by atoms with Crippen molar-refractivity contribution in [1.82, 2.24) is 4.90 Å². The number of hydrogen-bond donors (Lipinski definition) is 0. The Balaban J connectivity index is 2.20. The van der Waals surface area contributed by atoms with Gasteiger partial charge in [0.2, 0.25) is 0 Å². The molecule has 4 nitrogen and oxygen atoms in total. The van der Waals surface area contributed by atoms with Gasteiger partial charge in [0.15, 0.2) is 0 Å². The van der Waals surface area contributed by atoms with E-state index < -0.39 is 5.60 Å². The number of likely N-dealkylation sites (N-methyl/N-ethyl adjacent to an activating group) is 1. The molecule has 0 saturated carbocycles. The fourth-order valence-electron chi connectivity index (χ4n) is 1.73. The Morgan fingerprint density at radius 1 is 1.41 bits per heavy atom. The van der Waals surface area contributed by atoms with Crippen LogP contribution >= 0.6 is 0 Å². The molecule has 1 rings (SSSR count). The molecule has 0 unspecified atom stereocenters. The highest BCUT2D eigenvalue weighted by Gasteiger charge is 2.33. The number of esters is 1. The zero-order chi connectivity index (χ0) is 13.1. The molecule has 4 heteroatoms. The Bertz CT molecular complexity index is 266. The van der Waals surface area contributed by atoms with E-state index in [9.17, 15) is 4.79 Å². The summed E-state index contributed by atoms with van der Waals surface area (Å²) in [5.74, 6) is -0.157. The second kappa shape index (κ2) is 5.36. The van der Waals surface area contributed by atoms with Crippen molar-refractivity contribution in [2.75, 3.05) is 33.4 Å². The van der Waals surface area contributed by atoms with E-state index in [4.69, 9.17) is 9.47 Å². The molecular weight excluding hydrogens is 218 g/mol. The molecule has 0 atom stereocenters. The lowest BCUT2D eigenvalue weighted by molar-refractivity contribution is -0.156. The summed E-state index contributed by atoms with van der Waals surface area (Å²) in [5.41, 5.74) is -0.0894. The maximum atomic E-state index is 11.6. The van der Waals surface area contributed by atoms with Crippen LogP contribution in [0.4, 0.5) is 0 Å². The summed E-state index contributed by atoms with van der Waals surface area (Å²) in [7, 11) is 1.95. The highest BCUT2D eigenvalue weighted by molar-refractivity contribution is 5.72. The molecule has 1 saturated heterocycles. The van der Waals surface area contributed by atoms with Crippen LogP contribution in [-0.4, -0.2) is 49.8 Å². The number of nitrogens with zero attached hydrogens (tertiary/aromatic N) is 1. The van der Waals surface area contributed by atoms with Crippen molar-refractivity contribution in [2.45, 2.75) is 39.7 Å². The Kier molecular flexibility index (Phi) is 4.55. The van der Waals surface area contributed by atoms with Gasteiger partial charge in [0.05, 0.1) is 19.8 Å². The number of carbonyl (C=O) groups excluding carboxylic acids is 1. The number of hydrogen-bond acceptors (Lipinski definition) is 4. The van der Waals surface area contributed by atoms with Crippen molar-refractivity contribution in [3.8, 4) is 0 Å². The van der Waals surface area contributed by atoms with Gasteiger partial charge in [-0.3, -0.25) is 9.69 Å². The van der Waals surface area contributed by atoms with E-state index in [1.807, 2.05) is 32.7 Å². The van der Waals surface area contributed by atoms with Crippen LogP contribution in [0.15, 0.2) is 0 Å². The number of ether oxygens (including phenoxy) is 2. The molecule has 1 aliphatic rings. The van der Waals surface area contributed by atoms with E-state index in [-0.39, 0.29) is 5.97 Å². The minimum atomic E-state index is -0.397. The summed E-state index contributed by atoms with van der Waals surface area (Å²) in [5, 5.41) is 0. The van der Waals surface area contributed by atoms with Crippen LogP contribution < -0.4 is 0 Å². The summed E-state index contributed by atoms with van der Waals surface area (Å²) in [6.07, 6.45) is 1.06. The van der Waals surface area contributed by atoms with Crippen LogP contribution in [0.25, 0.3) is 0 Å². The lowest BCUT2D eigenvalue weighted by Crippen LogP contribution is -2.43. The fourth-order valence-corrected chi connectivity index (χ4v) is 1.73. The Morgan fingerprint density at radius 2 is 2.00 bits per heavy atom. The predicted molar refractivity (Wildman–Crippen MR) is 66.9 cm³/mol. The van der Waals surface area contributed by atoms with Gasteiger partial charge in [0.25, 0.3) is 0 Å². The molecule has 1 aliphatic heterocycles. The first-order chi connectivity index (χ1) is 7.70. The third kappa shape index (κ3) is 5.50. The summed E-state index contributed by atoms with van der Waals surface area (Å²) in [6, 6.07) is 0. The van der Waals surface area contributed by atoms with Gasteiger partial charge < -0.3 is 9.47 Å². The molecule has 1 heterocycles. The van der Waals surface area contributed by atoms with Crippen molar-refractivity contribution < 1.29 is 14.3 Å². The highest BCUT2D eigenvalue weighted by atomic mass is 16.6. The molecule has 0 amide bonds. The highest BCUT2D eigenvalue weighted by Crippen LogP contribution is 2.30. The van der Waals surface area contributed by atoms with Gasteiger partial charge in [-0.05, 0) is 40.8 Å². The van der Waals surface area contributed by atoms with Crippen molar-refractivity contribution in [3.63, 3.8) is 0 Å². The van der Waals surface area contributed by atoms with Crippen molar-refractivity contribution >= 4 is 5.97 Å². The van der Waals surface area contributed by atoms with E-state index in [1.54, 1.807) is 0 Å². The van der Waals surface area contributed by atoms with Crippen molar-refractivity contribution in [2.24, 2.45) is 5.41 Å². The largest absolute Gasteiger partial charge is 0.459 e. The summed E-state index contributed by atoms with van der Waals surface area (Å²) in [4.78, 5) is 13.6. The maximum absolute atomic E-state index is 11.6. The van der Waals surface area contributed by atoms with Crippen LogP contribution in [0.3, 0.4) is 0 Å². The van der Waals surface area contributed by atoms with E-state index in [0.29, 0.717) is 12.0 Å². The fraction of sp³-hybridized carbons (Fsp3) is 0.923. The van der Waals surface area contributed by atoms with E-state index >= 15 is 0 Å². The molecule has 0 aromatic carbocycles. The topological polar surface area (TPSA) is 38.8 Å². The molecular formula is C13H25NO3. The third-order valence-electron chi connectivity index (χ3n) is 2.82. The van der Waals surface area contributed by atoms with Crippen LogP contribution in [0.2, 0.25) is 0 Å². The van der Waals surface area contributed by atoms with Crippen LogP contribution in [0, 0.1) is 5.41 Å². The van der Waals surface area contributed by atoms with Gasteiger partial charge in [0.1, 0.15) is 5.60 Å². The molecule has 0 aromatic heterocycles. The zero-order valence-electron chi connectivity index (χ0n) is 11.7. The van der Waals surface area contributed by atoms with Crippen LogP contribution in [0.5, 0.6) is 0 Å². The first kappa shape index (κ1) is 14.5. The quantitative estimate of drug-likeness (QED) is 0.689. The molecule has 0 radical (unpaired) electrons. The minimum Gasteiger partial charge on any atom is -0.459 e. The van der Waals surface area contributed by atoms with E-state index in [1.165, 1.54) is 0 Å². The molecule has 0 aliphatic carbocycles. The van der Waals surface area contributed by atoms with Crippen molar-refractivity contribution in [3.05, 3.63) is 0 Å². The smallest absolute Gasteiger partial charge is 0.320 e. The molecule has 0 N–H and O–H groups in total. The van der Waals surface area contributed by atoms with E-state index in [0.717, 1.165) is 26.2 Å². The average molecular weight is 243 g/mol. The third-order valence-corrected chi connectivity index (χ3v) is 2.82. The van der Waals surface area contributed by atoms with Gasteiger partial charge in [-0.2, -0.15) is 0 Å². The van der Waals surface area contributed by atoms with Gasteiger partial charge in [0, 0.05) is 5.41 Å². The molecule has 0 spiro atoms. The van der Waals surface area contributed by atoms with Gasteiger partial charge in [-0.1, -0.05) is 6.92 Å². The Hall–Kier alpha value is -0.610. The number of rotatable bonds is 5. The zero-order valence-corrected chi connectivity index (χ0v) is 11.7. The maximum Gasteiger partial charge on any atom is 0.320 e. The SMILES string of the molecule is CN(CCC1(C)COC1)CC(=O)OC(C)(C)C. The van der Waals surface area contributed by atoms with Crippen LogP contribution in [0.1, 0.15) is 34.1 Å². The minimum absolute atomic E-state index is 0.157. The lowest BCUT2D eigenvalue weighted by Gasteiger charge is -2.39. The molecule has 0 aromatic rings. The second-order valence-electron chi connectivity index (χ2n) is 6.38. The predicted octanol–water partition coefficient (Wildman–Crippen LogP) is 1.69. The summed E-state index contributed by atoms with van der Waals surface area (Å²) in [6.45, 7) is 10.8. The van der Waals surface area contributed by atoms with E-state index in [2.05, 4.69) is 6.92 Å². The standard InChI is InChI=1S/C13H25NO3/c1-12(2,3)17-11(15)8-14(5)7-6-13(4)9-16-10-13/h6-10H2,1-5H3. The monoisotopic (exact) mass is 243 g/mol. The van der Waals surface area contributed by atoms with Gasteiger partial charge in [-0.25, -0.2) is 0 Å². The second-order valence-corrected chi connectivity index (χ2v) is 6.38. The molecule has 17 heavy (non-hydrogen) atoms. The summed E-state index contributed by atoms with van der Waals surface area (Å²) >= 11 is 0. The normalized spacial score (nSPS) is 18.9. The summed E-state index contributed by atoms with van der Waals surface area (Å²) < 4.78 is 10.5. The first-order valence-electron chi connectivity index (χ1n) is 6.18. The Labute approximate surface area is 104 Å². The van der Waals surface area contributed by atoms with Crippen LogP contribution in [-0.2, 0) is 14.3 Å². The Morgan fingerprint density at radius 3 is 2.41 bits per heavy atom. The molecule has 0 bridgehead atoms. The number of carbonyl (C=O) groups is 1. The first-order valence-corrected chi connectivity index (χ1v) is 6.18. The van der Waals surface area contributed by atoms with Crippen molar-refractivity contribution in [1.29, 1.82) is 0 Å². The molecule has 1 fully saturated rings.